The van der Waals surface area contributed by atoms with Crippen LogP contribution in [-0.2, 0) is 14.3 Å². The number of hydrogen-bond acceptors (Lipinski definition) is 4. The molecule has 1 heterocycles. The molecule has 1 saturated heterocycles. The Hall–Kier alpha value is -1.17. The maximum atomic E-state index is 12.7. The molecule has 5 heteroatoms. The van der Waals surface area contributed by atoms with E-state index in [1.165, 1.54) is 11.1 Å². The lowest BCUT2D eigenvalue weighted by molar-refractivity contribution is -0.371. The van der Waals surface area contributed by atoms with E-state index >= 15 is 0 Å². The van der Waals surface area contributed by atoms with Gasteiger partial charge in [0.1, 0.15) is 5.60 Å². The molecule has 9 atom stereocenters. The largest absolute Gasteiger partial charge is 0.481 e. The van der Waals surface area contributed by atoms with Gasteiger partial charge in [0.05, 0.1) is 18.1 Å². The minimum absolute atomic E-state index is 0.00497. The summed E-state index contributed by atoms with van der Waals surface area (Å²) in [7, 11) is 0. The highest BCUT2D eigenvalue weighted by atomic mass is 16.7. The Balaban J connectivity index is 1.39. The average Bonchev–Trinajstić information content (AvgIpc) is 2.80. The third kappa shape index (κ3) is 2.97. The van der Waals surface area contributed by atoms with Gasteiger partial charge < -0.3 is 19.7 Å². The molecular formula is C31H46O5. The van der Waals surface area contributed by atoms with Crippen LogP contribution in [0.4, 0.5) is 0 Å². The molecule has 2 N–H and O–H groups in total. The van der Waals surface area contributed by atoms with Gasteiger partial charge in [0.2, 0.25) is 0 Å². The lowest BCUT2D eigenvalue weighted by Crippen LogP contribution is -2.71. The standard InChI is InChI=1S/C31H46O5/c1-19-9-14-30(25(32)33)16-15-28(5)20(21(30)17-19)7-8-22-27(4)12-11-24-31(34,18-35-26(2,3)36-24)23(27)10-13-29(22,28)6/h7,21-24,34H,1,8-18H2,2-6H3,(H,32,33)/t21-,22-,23+,24+,27-,28-,29-,30+,31-/m1/s1. The predicted molar refractivity (Wildman–Crippen MR) is 138 cm³/mol. The van der Waals surface area contributed by atoms with Crippen molar-refractivity contribution in [2.24, 2.45) is 39.4 Å². The number of carbonyl (C=O) groups is 1. The van der Waals surface area contributed by atoms with E-state index in [-0.39, 0.29) is 34.2 Å². The molecular weight excluding hydrogens is 452 g/mol. The molecule has 6 rings (SSSR count). The van der Waals surface area contributed by atoms with Crippen molar-refractivity contribution in [2.75, 3.05) is 6.61 Å². The highest BCUT2D eigenvalue weighted by Crippen LogP contribution is 2.75. The van der Waals surface area contributed by atoms with Crippen LogP contribution in [0, 0.1) is 39.4 Å². The lowest BCUT2D eigenvalue weighted by Gasteiger charge is -2.71. The van der Waals surface area contributed by atoms with E-state index in [9.17, 15) is 15.0 Å². The fourth-order valence-electron chi connectivity index (χ4n) is 10.7. The smallest absolute Gasteiger partial charge is 0.310 e. The Labute approximate surface area is 216 Å². The molecule has 0 spiro atoms. The van der Waals surface area contributed by atoms with Crippen molar-refractivity contribution in [3.63, 3.8) is 0 Å². The Morgan fingerprint density at radius 1 is 1.03 bits per heavy atom. The molecule has 5 nitrogen and oxygen atoms in total. The van der Waals surface area contributed by atoms with Crippen molar-refractivity contribution in [3.05, 3.63) is 23.8 Å². The Morgan fingerprint density at radius 3 is 2.50 bits per heavy atom. The minimum atomic E-state index is -0.944. The van der Waals surface area contributed by atoms with E-state index in [4.69, 9.17) is 9.47 Å². The zero-order valence-corrected chi connectivity index (χ0v) is 23.0. The van der Waals surface area contributed by atoms with Crippen molar-refractivity contribution in [2.45, 2.75) is 116 Å². The van der Waals surface area contributed by atoms with Crippen LogP contribution in [0.5, 0.6) is 0 Å². The Bertz CT molecular complexity index is 1030. The maximum absolute atomic E-state index is 12.7. The Morgan fingerprint density at radius 2 is 1.78 bits per heavy atom. The first-order valence-corrected chi connectivity index (χ1v) is 14.4. The number of allylic oxidation sites excluding steroid dienone is 3. The van der Waals surface area contributed by atoms with Crippen LogP contribution in [0.1, 0.15) is 98.8 Å². The van der Waals surface area contributed by atoms with E-state index in [0.717, 1.165) is 64.2 Å². The summed E-state index contributed by atoms with van der Waals surface area (Å²) in [5, 5.41) is 22.5. The summed E-state index contributed by atoms with van der Waals surface area (Å²) in [6, 6.07) is 0. The van der Waals surface area contributed by atoms with Crippen LogP contribution in [0.25, 0.3) is 0 Å². The summed E-state index contributed by atoms with van der Waals surface area (Å²) >= 11 is 0. The molecule has 36 heavy (non-hydrogen) atoms. The maximum Gasteiger partial charge on any atom is 0.310 e. The van der Waals surface area contributed by atoms with Crippen LogP contribution in [0.15, 0.2) is 23.8 Å². The van der Waals surface area contributed by atoms with Crippen LogP contribution in [-0.4, -0.2) is 40.3 Å². The molecule has 0 radical (unpaired) electrons. The number of aliphatic carboxylic acids is 1. The first-order chi connectivity index (χ1) is 16.7. The van der Waals surface area contributed by atoms with Crippen molar-refractivity contribution >= 4 is 5.97 Å². The fraction of sp³-hybridized carbons (Fsp3) is 0.839. The zero-order valence-electron chi connectivity index (χ0n) is 23.0. The third-order valence-corrected chi connectivity index (χ3v) is 12.9. The Kier molecular flexibility index (Phi) is 5.22. The molecule has 6 aliphatic rings. The highest BCUT2D eigenvalue weighted by molar-refractivity contribution is 5.77. The molecule has 0 aromatic heterocycles. The summed E-state index contributed by atoms with van der Waals surface area (Å²) < 4.78 is 12.3. The predicted octanol–water partition coefficient (Wildman–Crippen LogP) is 6.26. The topological polar surface area (TPSA) is 76.0 Å². The first-order valence-electron chi connectivity index (χ1n) is 14.4. The summed E-state index contributed by atoms with van der Waals surface area (Å²) in [5.74, 6) is -0.589. The van der Waals surface area contributed by atoms with E-state index < -0.39 is 22.8 Å². The molecule has 200 valence electrons. The summed E-state index contributed by atoms with van der Waals surface area (Å²) in [5.41, 5.74) is 1.10. The van der Waals surface area contributed by atoms with E-state index in [0.29, 0.717) is 12.5 Å². The quantitative estimate of drug-likeness (QED) is 0.417. The molecule has 4 saturated carbocycles. The van der Waals surface area contributed by atoms with Gasteiger partial charge in [-0.15, -0.1) is 0 Å². The van der Waals surface area contributed by atoms with Crippen LogP contribution in [0.2, 0.25) is 0 Å². The van der Waals surface area contributed by atoms with Gasteiger partial charge in [-0.25, -0.2) is 0 Å². The molecule has 0 unspecified atom stereocenters. The summed E-state index contributed by atoms with van der Waals surface area (Å²) in [4.78, 5) is 12.7. The van der Waals surface area contributed by atoms with Gasteiger partial charge in [-0.1, -0.05) is 44.6 Å². The molecule has 1 aliphatic heterocycles. The van der Waals surface area contributed by atoms with E-state index in [1.54, 1.807) is 0 Å². The molecule has 0 amide bonds. The van der Waals surface area contributed by atoms with Gasteiger partial charge >= 0.3 is 5.97 Å². The highest BCUT2D eigenvalue weighted by Gasteiger charge is 2.70. The minimum Gasteiger partial charge on any atom is -0.481 e. The normalized spacial score (nSPS) is 53.6. The van der Waals surface area contributed by atoms with Gasteiger partial charge in [-0.05, 0) is 106 Å². The molecule has 5 aliphatic carbocycles. The van der Waals surface area contributed by atoms with Crippen LogP contribution < -0.4 is 0 Å². The number of carboxylic acid groups (broad SMARTS) is 1. The van der Waals surface area contributed by atoms with Gasteiger partial charge in [-0.3, -0.25) is 4.79 Å². The lowest BCUT2D eigenvalue weighted by atomic mass is 9.34. The van der Waals surface area contributed by atoms with Crippen molar-refractivity contribution in [3.8, 4) is 0 Å². The third-order valence-electron chi connectivity index (χ3n) is 12.9. The molecule has 0 bridgehead atoms. The number of aliphatic hydroxyl groups is 1. The van der Waals surface area contributed by atoms with Crippen molar-refractivity contribution in [1.82, 2.24) is 0 Å². The zero-order chi connectivity index (χ0) is 25.9. The molecule has 5 fully saturated rings. The van der Waals surface area contributed by atoms with Gasteiger partial charge in [0.15, 0.2) is 5.79 Å². The van der Waals surface area contributed by atoms with Crippen molar-refractivity contribution < 1.29 is 24.5 Å². The second-order valence-corrected chi connectivity index (χ2v) is 14.6. The van der Waals surface area contributed by atoms with Gasteiger partial charge in [-0.2, -0.15) is 0 Å². The van der Waals surface area contributed by atoms with Gasteiger partial charge in [0, 0.05) is 5.92 Å². The van der Waals surface area contributed by atoms with Crippen LogP contribution >= 0.6 is 0 Å². The number of rotatable bonds is 1. The number of fused-ring (bicyclic) bond motifs is 9. The molecule has 0 aromatic carbocycles. The monoisotopic (exact) mass is 498 g/mol. The number of carboxylic acids is 1. The fourth-order valence-corrected chi connectivity index (χ4v) is 10.7. The average molecular weight is 499 g/mol. The van der Waals surface area contributed by atoms with Crippen molar-refractivity contribution in [1.29, 1.82) is 0 Å². The second kappa shape index (κ2) is 7.48. The second-order valence-electron chi connectivity index (χ2n) is 14.6. The van der Waals surface area contributed by atoms with E-state index in [1.807, 2.05) is 13.8 Å². The van der Waals surface area contributed by atoms with E-state index in [2.05, 4.69) is 33.4 Å². The van der Waals surface area contributed by atoms with Crippen LogP contribution in [0.3, 0.4) is 0 Å². The van der Waals surface area contributed by atoms with Gasteiger partial charge in [0.25, 0.3) is 0 Å². The first kappa shape index (κ1) is 25.1. The SMILES string of the molecule is C=C1CC[C@]2(C(=O)O)CC[C@]3(C)C(=CC[C@@H]4[C@@]5(C)CC[C@@H]6OC(C)(C)OC[C@@]6(O)[C@H]5CC[C@]43C)[C@H]2C1. The molecule has 0 aromatic rings. The number of hydrogen-bond donors (Lipinski definition) is 2. The number of ether oxygens (including phenoxy) is 2. The summed E-state index contributed by atoms with van der Waals surface area (Å²) in [6.07, 6.45) is 11.3. The summed E-state index contributed by atoms with van der Waals surface area (Å²) in [6.45, 7) is 15.9.